The van der Waals surface area contributed by atoms with Gasteiger partial charge in [-0.15, -0.1) is 0 Å². The van der Waals surface area contributed by atoms with Crippen LogP contribution in [0.1, 0.15) is 35.3 Å². The first-order valence-corrected chi connectivity index (χ1v) is 12.8. The van der Waals surface area contributed by atoms with Crippen molar-refractivity contribution in [1.29, 1.82) is 0 Å². The summed E-state index contributed by atoms with van der Waals surface area (Å²) >= 11 is 0. The average molecular weight is 510 g/mol. The van der Waals surface area contributed by atoms with Gasteiger partial charge in [0.1, 0.15) is 5.82 Å². The van der Waals surface area contributed by atoms with E-state index in [9.17, 15) is 9.90 Å². The van der Waals surface area contributed by atoms with Crippen LogP contribution in [0.2, 0.25) is 0 Å². The summed E-state index contributed by atoms with van der Waals surface area (Å²) in [5, 5.41) is 13.8. The van der Waals surface area contributed by atoms with Gasteiger partial charge < -0.3 is 26.8 Å². The lowest BCUT2D eigenvalue weighted by Crippen LogP contribution is -2.35. The summed E-state index contributed by atoms with van der Waals surface area (Å²) in [7, 11) is 0. The van der Waals surface area contributed by atoms with E-state index in [0.717, 1.165) is 39.8 Å². The molecule has 7 heteroatoms. The average Bonchev–Trinajstić information content (AvgIpc) is 2.93. The number of hydrogen-bond acceptors (Lipinski definition) is 5. The van der Waals surface area contributed by atoms with Crippen LogP contribution in [0.4, 0.5) is 10.6 Å². The van der Waals surface area contributed by atoms with Gasteiger partial charge in [0.25, 0.3) is 0 Å². The van der Waals surface area contributed by atoms with Gasteiger partial charge in [0, 0.05) is 37.4 Å². The molecule has 0 saturated carbocycles. The molecule has 0 unspecified atom stereocenters. The molecule has 1 heterocycles. The summed E-state index contributed by atoms with van der Waals surface area (Å²) in [5.41, 5.74) is 17.5. The maximum absolute atomic E-state index is 12.4. The smallest absolute Gasteiger partial charge is 0.315 e. The van der Waals surface area contributed by atoms with Gasteiger partial charge in [0.15, 0.2) is 0 Å². The number of aliphatic hydroxyl groups is 1. The third kappa shape index (κ3) is 7.41. The van der Waals surface area contributed by atoms with Crippen molar-refractivity contribution in [3.8, 4) is 11.1 Å². The predicted octanol–water partition coefficient (Wildman–Crippen LogP) is 4.67. The quantitative estimate of drug-likeness (QED) is 0.234. The molecule has 6 N–H and O–H groups in total. The standard InChI is InChI=1S/C31H35N5O2/c1-22(34-19-29(37)26-14-15-30(32)35-18-26)16-23-8-7-9-24(17-23)20-36(31(33)38)21-27-12-5-6-13-28(27)25-10-3-2-4-11-25/h2-15,17-18,22,29,34,37H,16,19-21H2,1H3,(H2,32,35)(H2,33,38)/t22-,29-/m1/s1. The molecule has 1 aromatic heterocycles. The van der Waals surface area contributed by atoms with Crippen LogP contribution in [0.25, 0.3) is 11.1 Å². The Morgan fingerprint density at radius 3 is 2.42 bits per heavy atom. The van der Waals surface area contributed by atoms with Crippen LogP contribution in [0.15, 0.2) is 97.2 Å². The number of nitrogens with one attached hydrogen (secondary N) is 1. The number of amides is 2. The molecule has 38 heavy (non-hydrogen) atoms. The Bertz CT molecular complexity index is 1330. The first-order chi connectivity index (χ1) is 18.4. The maximum Gasteiger partial charge on any atom is 0.315 e. The zero-order valence-electron chi connectivity index (χ0n) is 21.6. The molecular formula is C31H35N5O2. The number of aromatic nitrogens is 1. The second-order valence-corrected chi connectivity index (χ2v) is 9.58. The molecular weight excluding hydrogens is 474 g/mol. The Morgan fingerprint density at radius 1 is 0.947 bits per heavy atom. The predicted molar refractivity (Wildman–Crippen MR) is 152 cm³/mol. The van der Waals surface area contributed by atoms with E-state index in [1.807, 2.05) is 48.5 Å². The number of nitrogen functional groups attached to an aromatic ring is 1. The maximum atomic E-state index is 12.4. The molecule has 2 atom stereocenters. The van der Waals surface area contributed by atoms with Crippen LogP contribution in [0.3, 0.4) is 0 Å². The largest absolute Gasteiger partial charge is 0.387 e. The van der Waals surface area contributed by atoms with Crippen molar-refractivity contribution in [1.82, 2.24) is 15.2 Å². The molecule has 0 aliphatic heterocycles. The lowest BCUT2D eigenvalue weighted by Gasteiger charge is -2.23. The number of anilines is 1. The van der Waals surface area contributed by atoms with Crippen LogP contribution in [-0.2, 0) is 19.5 Å². The van der Waals surface area contributed by atoms with Crippen molar-refractivity contribution in [2.24, 2.45) is 5.73 Å². The van der Waals surface area contributed by atoms with Gasteiger partial charge in [0.05, 0.1) is 6.10 Å². The highest BCUT2D eigenvalue weighted by Crippen LogP contribution is 2.25. The van der Waals surface area contributed by atoms with Crippen LogP contribution in [0, 0.1) is 0 Å². The van der Waals surface area contributed by atoms with E-state index in [0.29, 0.717) is 25.5 Å². The van der Waals surface area contributed by atoms with Gasteiger partial charge in [-0.25, -0.2) is 9.78 Å². The van der Waals surface area contributed by atoms with Gasteiger partial charge in [-0.3, -0.25) is 0 Å². The number of pyridine rings is 1. The fourth-order valence-corrected chi connectivity index (χ4v) is 4.52. The van der Waals surface area contributed by atoms with Gasteiger partial charge in [0.2, 0.25) is 0 Å². The normalized spacial score (nSPS) is 12.6. The van der Waals surface area contributed by atoms with E-state index in [1.54, 1.807) is 23.2 Å². The fourth-order valence-electron chi connectivity index (χ4n) is 4.52. The molecule has 196 valence electrons. The lowest BCUT2D eigenvalue weighted by atomic mass is 9.99. The Balaban J connectivity index is 1.38. The molecule has 7 nitrogen and oxygen atoms in total. The molecule has 0 radical (unpaired) electrons. The Hall–Kier alpha value is -4.20. The van der Waals surface area contributed by atoms with Crippen LogP contribution in [-0.4, -0.2) is 33.6 Å². The SMILES string of the molecule is C[C@H](Cc1cccc(CN(Cc2ccccc2-c2ccccc2)C(N)=O)c1)NC[C@@H](O)c1ccc(N)nc1. The second-order valence-electron chi connectivity index (χ2n) is 9.58. The number of urea groups is 1. The van der Waals surface area contributed by atoms with E-state index in [2.05, 4.69) is 47.6 Å². The number of carbonyl (C=O) groups excluding carboxylic acids is 1. The second kappa shape index (κ2) is 12.9. The summed E-state index contributed by atoms with van der Waals surface area (Å²) in [6.45, 7) is 3.32. The summed E-state index contributed by atoms with van der Waals surface area (Å²) in [5.74, 6) is 0.428. The minimum Gasteiger partial charge on any atom is -0.387 e. The third-order valence-corrected chi connectivity index (χ3v) is 6.54. The highest BCUT2D eigenvalue weighted by molar-refractivity contribution is 5.73. The molecule has 0 saturated heterocycles. The van der Waals surface area contributed by atoms with E-state index < -0.39 is 12.1 Å². The molecule has 3 aromatic carbocycles. The van der Waals surface area contributed by atoms with Crippen molar-refractivity contribution in [2.75, 3.05) is 12.3 Å². The minimum absolute atomic E-state index is 0.131. The summed E-state index contributed by atoms with van der Waals surface area (Å²) < 4.78 is 0. The molecule has 0 spiro atoms. The molecule has 0 aliphatic rings. The Labute approximate surface area is 224 Å². The number of nitrogens with two attached hydrogens (primary N) is 2. The van der Waals surface area contributed by atoms with Gasteiger partial charge in [-0.1, -0.05) is 84.9 Å². The Morgan fingerprint density at radius 2 is 1.68 bits per heavy atom. The number of primary amides is 1. The van der Waals surface area contributed by atoms with Gasteiger partial charge in [-0.2, -0.15) is 0 Å². The monoisotopic (exact) mass is 509 g/mol. The highest BCUT2D eigenvalue weighted by Gasteiger charge is 2.15. The summed E-state index contributed by atoms with van der Waals surface area (Å²) in [6.07, 6.45) is 1.70. The van der Waals surface area contributed by atoms with Crippen LogP contribution < -0.4 is 16.8 Å². The van der Waals surface area contributed by atoms with Crippen LogP contribution in [0.5, 0.6) is 0 Å². The number of hydrogen-bond donors (Lipinski definition) is 4. The lowest BCUT2D eigenvalue weighted by molar-refractivity contribution is 0.170. The first kappa shape index (κ1) is 26.9. The van der Waals surface area contributed by atoms with E-state index >= 15 is 0 Å². The minimum atomic E-state index is -0.667. The van der Waals surface area contributed by atoms with Crippen molar-refractivity contribution >= 4 is 11.8 Å². The molecule has 4 rings (SSSR count). The molecule has 4 aromatic rings. The fraction of sp³-hybridized carbons (Fsp3) is 0.226. The topological polar surface area (TPSA) is 118 Å². The van der Waals surface area contributed by atoms with E-state index in [-0.39, 0.29) is 6.04 Å². The Kier molecular flexibility index (Phi) is 9.08. The van der Waals surface area contributed by atoms with Crippen molar-refractivity contribution < 1.29 is 9.90 Å². The van der Waals surface area contributed by atoms with Crippen molar-refractivity contribution in [2.45, 2.75) is 38.6 Å². The summed E-state index contributed by atoms with van der Waals surface area (Å²) in [4.78, 5) is 18.1. The van der Waals surface area contributed by atoms with Crippen molar-refractivity contribution in [3.63, 3.8) is 0 Å². The molecule has 0 bridgehead atoms. The number of aliphatic hydroxyl groups excluding tert-OH is 1. The number of nitrogens with zero attached hydrogens (tertiary/aromatic N) is 2. The molecule has 0 fully saturated rings. The first-order valence-electron chi connectivity index (χ1n) is 12.8. The van der Waals surface area contributed by atoms with Crippen LogP contribution >= 0.6 is 0 Å². The highest BCUT2D eigenvalue weighted by atomic mass is 16.3. The van der Waals surface area contributed by atoms with Gasteiger partial charge >= 0.3 is 6.03 Å². The zero-order valence-corrected chi connectivity index (χ0v) is 21.6. The third-order valence-electron chi connectivity index (χ3n) is 6.54. The number of benzene rings is 3. The van der Waals surface area contributed by atoms with E-state index in [1.165, 1.54) is 0 Å². The summed E-state index contributed by atoms with van der Waals surface area (Å²) in [6, 6.07) is 29.6. The van der Waals surface area contributed by atoms with Gasteiger partial charge in [-0.05, 0) is 47.2 Å². The zero-order chi connectivity index (χ0) is 26.9. The molecule has 0 aliphatic carbocycles. The van der Waals surface area contributed by atoms with Crippen molar-refractivity contribution in [3.05, 3.63) is 119 Å². The van der Waals surface area contributed by atoms with E-state index in [4.69, 9.17) is 11.5 Å². The number of carbonyl (C=O) groups is 1. The number of rotatable bonds is 11. The molecule has 2 amide bonds.